The van der Waals surface area contributed by atoms with Gasteiger partial charge < -0.3 is 9.84 Å². The van der Waals surface area contributed by atoms with Gasteiger partial charge in [-0.25, -0.2) is 8.78 Å². The fourth-order valence-corrected chi connectivity index (χ4v) is 4.02. The molecule has 3 aromatic rings. The van der Waals surface area contributed by atoms with Crippen LogP contribution in [0.15, 0.2) is 42.5 Å². The Labute approximate surface area is 169 Å². The molecule has 0 spiro atoms. The van der Waals surface area contributed by atoms with Crippen LogP contribution in [0.3, 0.4) is 0 Å². The number of aliphatic hydroxyl groups is 1. The van der Waals surface area contributed by atoms with Crippen molar-refractivity contribution in [3.63, 3.8) is 0 Å². The van der Waals surface area contributed by atoms with E-state index in [4.69, 9.17) is 33.0 Å². The molecule has 0 saturated carbocycles. The lowest BCUT2D eigenvalue weighted by molar-refractivity contribution is 0.276. The van der Waals surface area contributed by atoms with Crippen molar-refractivity contribution in [1.82, 2.24) is 0 Å². The Hall–Kier alpha value is -1.66. The van der Waals surface area contributed by atoms with E-state index in [2.05, 4.69) is 0 Å². The maximum atomic E-state index is 14.2. The topological polar surface area (TPSA) is 29.5 Å². The summed E-state index contributed by atoms with van der Waals surface area (Å²) in [7, 11) is 0. The molecule has 1 N–H and O–H groups in total. The summed E-state index contributed by atoms with van der Waals surface area (Å²) in [6.45, 7) is -0.0483. The van der Waals surface area contributed by atoms with Gasteiger partial charge in [0.25, 0.3) is 0 Å². The summed E-state index contributed by atoms with van der Waals surface area (Å²) >= 11 is 13.3. The molecule has 0 aliphatic carbocycles. The van der Waals surface area contributed by atoms with Crippen LogP contribution in [0, 0.1) is 11.6 Å². The molecule has 0 unspecified atom stereocenters. The maximum absolute atomic E-state index is 14.2. The standard InChI is InChI=1S/C20H16Cl2F2O2S/c21-14-5-3-13(4-6-14)15-10-19(22)27-18(15)11-26-20-16(23)8-12(2-1-7-25)9-17(20)24/h3-6,8-10,25H,1-2,7,11H2. The highest BCUT2D eigenvalue weighted by Crippen LogP contribution is 2.36. The third kappa shape index (κ3) is 4.99. The molecule has 2 aromatic carbocycles. The monoisotopic (exact) mass is 428 g/mol. The predicted octanol–water partition coefficient (Wildman–Crippen LogP) is 6.50. The van der Waals surface area contributed by atoms with Crippen LogP contribution in [0.4, 0.5) is 8.78 Å². The minimum Gasteiger partial charge on any atom is -0.482 e. The average molecular weight is 429 g/mol. The summed E-state index contributed by atoms with van der Waals surface area (Å²) in [5, 5.41) is 9.45. The number of thiophene rings is 1. The smallest absolute Gasteiger partial charge is 0.191 e. The van der Waals surface area contributed by atoms with Gasteiger partial charge in [0.05, 0.1) is 9.21 Å². The number of aliphatic hydroxyl groups excluding tert-OH is 1. The van der Waals surface area contributed by atoms with Crippen molar-refractivity contribution >= 4 is 34.5 Å². The molecule has 0 aliphatic rings. The molecule has 0 radical (unpaired) electrons. The lowest BCUT2D eigenvalue weighted by atomic mass is 10.1. The first kappa shape index (κ1) is 20.1. The zero-order valence-corrected chi connectivity index (χ0v) is 16.5. The molecule has 0 fully saturated rings. The zero-order chi connectivity index (χ0) is 19.4. The van der Waals surface area contributed by atoms with Gasteiger partial charge in [-0.05, 0) is 54.3 Å². The van der Waals surface area contributed by atoms with Gasteiger partial charge >= 0.3 is 0 Å². The molecule has 7 heteroatoms. The average Bonchev–Trinajstić information content (AvgIpc) is 3.00. The van der Waals surface area contributed by atoms with Crippen LogP contribution in [0.2, 0.25) is 9.36 Å². The van der Waals surface area contributed by atoms with Crippen LogP contribution in [0.1, 0.15) is 16.9 Å². The molecule has 0 saturated heterocycles. The Morgan fingerprint density at radius 3 is 2.30 bits per heavy atom. The van der Waals surface area contributed by atoms with Gasteiger partial charge in [0.1, 0.15) is 6.61 Å². The zero-order valence-electron chi connectivity index (χ0n) is 14.1. The molecule has 1 heterocycles. The summed E-state index contributed by atoms with van der Waals surface area (Å²) in [6.07, 6.45) is 0.836. The van der Waals surface area contributed by atoms with Gasteiger partial charge in [-0.3, -0.25) is 0 Å². The Balaban J connectivity index is 1.80. The van der Waals surface area contributed by atoms with E-state index in [1.165, 1.54) is 23.5 Å². The lowest BCUT2D eigenvalue weighted by Gasteiger charge is -2.11. The van der Waals surface area contributed by atoms with E-state index in [1.807, 2.05) is 12.1 Å². The second-order valence-corrected chi connectivity index (χ2v) is 8.10. The predicted molar refractivity (Wildman–Crippen MR) is 106 cm³/mol. The summed E-state index contributed by atoms with van der Waals surface area (Å²) < 4.78 is 34.5. The van der Waals surface area contributed by atoms with E-state index in [0.29, 0.717) is 27.8 Å². The third-order valence-corrected chi connectivity index (χ3v) is 5.45. The molecule has 0 amide bonds. The second-order valence-electron chi connectivity index (χ2n) is 5.90. The van der Waals surface area contributed by atoms with Crippen LogP contribution in [0.25, 0.3) is 11.1 Å². The number of ether oxygens (including phenoxy) is 1. The minimum atomic E-state index is -0.765. The number of hydrogen-bond acceptors (Lipinski definition) is 3. The number of rotatable bonds is 7. The van der Waals surface area contributed by atoms with Crippen molar-refractivity contribution in [3.8, 4) is 16.9 Å². The van der Waals surface area contributed by atoms with Crippen molar-refractivity contribution in [2.45, 2.75) is 19.4 Å². The van der Waals surface area contributed by atoms with Crippen molar-refractivity contribution in [2.75, 3.05) is 6.61 Å². The van der Waals surface area contributed by atoms with E-state index in [0.717, 1.165) is 16.0 Å². The molecule has 0 aliphatic heterocycles. The fraction of sp³-hybridized carbons (Fsp3) is 0.200. The van der Waals surface area contributed by atoms with E-state index in [1.54, 1.807) is 18.2 Å². The first-order valence-corrected chi connectivity index (χ1v) is 9.81. The highest BCUT2D eigenvalue weighted by Gasteiger charge is 2.16. The Bertz CT molecular complexity index is 903. The highest BCUT2D eigenvalue weighted by molar-refractivity contribution is 7.16. The van der Waals surface area contributed by atoms with E-state index in [-0.39, 0.29) is 13.2 Å². The first-order chi connectivity index (χ1) is 13.0. The van der Waals surface area contributed by atoms with Crippen molar-refractivity contribution in [3.05, 3.63) is 73.9 Å². The molecular weight excluding hydrogens is 413 g/mol. The van der Waals surface area contributed by atoms with Gasteiger partial charge in [0.15, 0.2) is 17.4 Å². The Kier molecular flexibility index (Phi) is 6.71. The molecule has 1 aromatic heterocycles. The van der Waals surface area contributed by atoms with Gasteiger partial charge in [-0.2, -0.15) is 0 Å². The lowest BCUT2D eigenvalue weighted by Crippen LogP contribution is -2.01. The molecule has 0 atom stereocenters. The Morgan fingerprint density at radius 2 is 1.67 bits per heavy atom. The van der Waals surface area contributed by atoms with Crippen molar-refractivity contribution < 1.29 is 18.6 Å². The first-order valence-electron chi connectivity index (χ1n) is 8.23. The minimum absolute atomic E-state index is 0.0147. The highest BCUT2D eigenvalue weighted by atomic mass is 35.5. The van der Waals surface area contributed by atoms with Crippen molar-refractivity contribution in [2.24, 2.45) is 0 Å². The summed E-state index contributed by atoms with van der Waals surface area (Å²) in [5.74, 6) is -1.95. The van der Waals surface area contributed by atoms with Crippen LogP contribution in [0.5, 0.6) is 5.75 Å². The summed E-state index contributed by atoms with van der Waals surface area (Å²) in [4.78, 5) is 0.755. The van der Waals surface area contributed by atoms with Gasteiger partial charge in [0, 0.05) is 17.2 Å². The maximum Gasteiger partial charge on any atom is 0.191 e. The Morgan fingerprint density at radius 1 is 1.00 bits per heavy atom. The number of benzene rings is 2. The van der Waals surface area contributed by atoms with Crippen molar-refractivity contribution in [1.29, 1.82) is 0 Å². The second kappa shape index (κ2) is 9.02. The number of aryl methyl sites for hydroxylation is 1. The quantitative estimate of drug-likeness (QED) is 0.464. The van der Waals surface area contributed by atoms with Gasteiger partial charge in [0.2, 0.25) is 0 Å². The molecule has 27 heavy (non-hydrogen) atoms. The van der Waals surface area contributed by atoms with E-state index >= 15 is 0 Å². The molecule has 3 rings (SSSR count). The molecule has 2 nitrogen and oxygen atoms in total. The molecular formula is C20H16Cl2F2O2S. The summed E-state index contributed by atoms with van der Waals surface area (Å²) in [6, 6.07) is 11.5. The summed E-state index contributed by atoms with van der Waals surface area (Å²) in [5.41, 5.74) is 2.20. The van der Waals surface area contributed by atoms with E-state index < -0.39 is 17.4 Å². The molecule has 0 bridgehead atoms. The van der Waals surface area contributed by atoms with Gasteiger partial charge in [-0.15, -0.1) is 11.3 Å². The fourth-order valence-electron chi connectivity index (χ4n) is 2.69. The largest absolute Gasteiger partial charge is 0.482 e. The van der Waals surface area contributed by atoms with Crippen LogP contribution in [-0.2, 0) is 13.0 Å². The van der Waals surface area contributed by atoms with Crippen LogP contribution < -0.4 is 4.74 Å². The molecule has 142 valence electrons. The van der Waals surface area contributed by atoms with E-state index in [9.17, 15) is 8.78 Å². The number of halogens is 4. The normalized spacial score (nSPS) is 11.0. The SMILES string of the molecule is OCCCc1cc(F)c(OCc2sc(Cl)cc2-c2ccc(Cl)cc2)c(F)c1. The van der Waals surface area contributed by atoms with Crippen LogP contribution in [-0.4, -0.2) is 11.7 Å². The van der Waals surface area contributed by atoms with Crippen LogP contribution >= 0.6 is 34.5 Å². The number of hydrogen-bond donors (Lipinski definition) is 1. The third-order valence-electron chi connectivity index (χ3n) is 3.96. The van der Waals surface area contributed by atoms with Gasteiger partial charge in [-0.1, -0.05) is 35.3 Å².